The summed E-state index contributed by atoms with van der Waals surface area (Å²) in [6.07, 6.45) is 0.925. The molecule has 1 saturated heterocycles. The third kappa shape index (κ3) is 5.09. The minimum absolute atomic E-state index is 0.251. The highest BCUT2D eigenvalue weighted by molar-refractivity contribution is 7.91. The van der Waals surface area contributed by atoms with Gasteiger partial charge in [0.05, 0.1) is 5.75 Å². The number of nitrogens with zero attached hydrogens (tertiary/aromatic N) is 1. The number of hydrogen-bond donors (Lipinski definition) is 1. The van der Waals surface area contributed by atoms with Crippen LogP contribution in [0.3, 0.4) is 0 Å². The summed E-state index contributed by atoms with van der Waals surface area (Å²) < 4.78 is 24.5. The van der Waals surface area contributed by atoms with E-state index in [-0.39, 0.29) is 22.6 Å². The Kier molecular flexibility index (Phi) is 6.11. The fourth-order valence-electron chi connectivity index (χ4n) is 2.62. The van der Waals surface area contributed by atoms with E-state index in [0.717, 1.165) is 0 Å². The van der Waals surface area contributed by atoms with E-state index in [1.807, 2.05) is 0 Å². The van der Waals surface area contributed by atoms with Gasteiger partial charge in [-0.25, -0.2) is 8.42 Å². The van der Waals surface area contributed by atoms with Crippen LogP contribution in [-0.4, -0.2) is 44.0 Å². The molecule has 1 aromatic carbocycles. The summed E-state index contributed by atoms with van der Waals surface area (Å²) in [4.78, 5) is 24.8. The number of hydrogen-bond acceptors (Lipinski definition) is 4. The van der Waals surface area contributed by atoms with Gasteiger partial charge in [-0.3, -0.25) is 9.59 Å². The Morgan fingerprint density at radius 3 is 2.38 bits per heavy atom. The van der Waals surface area contributed by atoms with Crippen molar-refractivity contribution in [3.05, 3.63) is 33.8 Å². The minimum atomic E-state index is -3.66. The second-order valence-corrected chi connectivity index (χ2v) is 8.73. The number of sulfone groups is 1. The van der Waals surface area contributed by atoms with Crippen molar-refractivity contribution in [3.63, 3.8) is 0 Å². The van der Waals surface area contributed by atoms with Gasteiger partial charge in [0.1, 0.15) is 5.75 Å². The lowest BCUT2D eigenvalue weighted by molar-refractivity contribution is -0.132. The van der Waals surface area contributed by atoms with Gasteiger partial charge in [-0.15, -0.1) is 0 Å². The van der Waals surface area contributed by atoms with Crippen LogP contribution in [-0.2, 0) is 25.2 Å². The maximum absolute atomic E-state index is 12.2. The number of piperidine rings is 1. The molecule has 1 aliphatic rings. The van der Waals surface area contributed by atoms with Gasteiger partial charge >= 0.3 is 0 Å². The van der Waals surface area contributed by atoms with Crippen LogP contribution < -0.4 is 5.73 Å². The Balaban J connectivity index is 1.96. The van der Waals surface area contributed by atoms with E-state index in [4.69, 9.17) is 28.9 Å². The molecule has 1 aliphatic heterocycles. The first-order valence-corrected chi connectivity index (χ1v) is 9.97. The van der Waals surface area contributed by atoms with Gasteiger partial charge in [-0.1, -0.05) is 29.3 Å². The third-order valence-corrected chi connectivity index (χ3v) is 6.01. The average Bonchev–Trinajstić information content (AvgIpc) is 2.49. The molecule has 0 saturated carbocycles. The fraction of sp³-hybridized carbons (Fsp3) is 0.467. The molecule has 1 fully saturated rings. The molecule has 1 aromatic rings. The fourth-order valence-corrected chi connectivity index (χ4v) is 4.56. The van der Waals surface area contributed by atoms with Gasteiger partial charge < -0.3 is 10.6 Å². The van der Waals surface area contributed by atoms with Crippen LogP contribution >= 0.6 is 23.2 Å². The zero-order valence-corrected chi connectivity index (χ0v) is 15.2. The summed E-state index contributed by atoms with van der Waals surface area (Å²) in [7, 11) is -3.66. The van der Waals surface area contributed by atoms with Crippen LogP contribution in [0.25, 0.3) is 0 Å². The van der Waals surface area contributed by atoms with Crippen molar-refractivity contribution in [1.29, 1.82) is 0 Å². The molecule has 24 heavy (non-hydrogen) atoms. The van der Waals surface area contributed by atoms with Gasteiger partial charge in [0.2, 0.25) is 11.8 Å². The lowest BCUT2D eigenvalue weighted by atomic mass is 9.96. The highest BCUT2D eigenvalue weighted by atomic mass is 35.5. The summed E-state index contributed by atoms with van der Waals surface area (Å²) in [6.45, 7) is 0.674. The largest absolute Gasteiger partial charge is 0.369 e. The van der Waals surface area contributed by atoms with Crippen LogP contribution in [0.1, 0.15) is 18.4 Å². The van der Waals surface area contributed by atoms with Crippen molar-refractivity contribution in [2.75, 3.05) is 18.8 Å². The van der Waals surface area contributed by atoms with Crippen molar-refractivity contribution in [2.24, 2.45) is 11.7 Å². The van der Waals surface area contributed by atoms with Crippen LogP contribution in [0.5, 0.6) is 0 Å². The van der Waals surface area contributed by atoms with Crippen molar-refractivity contribution >= 4 is 44.9 Å². The second-order valence-electron chi connectivity index (χ2n) is 5.83. The molecule has 0 atom stereocenters. The highest BCUT2D eigenvalue weighted by Crippen LogP contribution is 2.23. The highest BCUT2D eigenvalue weighted by Gasteiger charge is 2.28. The molecule has 2 N–H and O–H groups in total. The molecule has 2 amide bonds. The van der Waals surface area contributed by atoms with E-state index in [1.54, 1.807) is 6.07 Å². The molecule has 0 spiro atoms. The van der Waals surface area contributed by atoms with E-state index in [1.165, 1.54) is 17.0 Å². The summed E-state index contributed by atoms with van der Waals surface area (Å²) in [6, 6.07) is 4.55. The van der Waals surface area contributed by atoms with Crippen LogP contribution in [0.4, 0.5) is 0 Å². The molecule has 0 radical (unpaired) electrons. The van der Waals surface area contributed by atoms with E-state index in [0.29, 0.717) is 36.5 Å². The Bertz CT molecular complexity index is 744. The number of rotatable bonds is 5. The molecule has 132 valence electrons. The summed E-state index contributed by atoms with van der Waals surface area (Å²) >= 11 is 11.8. The van der Waals surface area contributed by atoms with Crippen molar-refractivity contribution in [3.8, 4) is 0 Å². The topological polar surface area (TPSA) is 97.5 Å². The summed E-state index contributed by atoms with van der Waals surface area (Å²) in [5.41, 5.74) is 5.65. The summed E-state index contributed by atoms with van der Waals surface area (Å²) in [5, 5.41) is 0.662. The Labute approximate surface area is 150 Å². The molecule has 0 aliphatic carbocycles. The van der Waals surface area contributed by atoms with Crippen molar-refractivity contribution in [1.82, 2.24) is 4.90 Å². The Morgan fingerprint density at radius 1 is 1.21 bits per heavy atom. The third-order valence-electron chi connectivity index (χ3n) is 3.98. The van der Waals surface area contributed by atoms with E-state index in [2.05, 4.69) is 0 Å². The molecule has 2 rings (SSSR count). The predicted molar refractivity (Wildman–Crippen MR) is 92.5 cm³/mol. The van der Waals surface area contributed by atoms with Gasteiger partial charge in [-0.05, 0) is 30.5 Å². The molecule has 0 aromatic heterocycles. The molecule has 1 heterocycles. The first kappa shape index (κ1) is 19.0. The lowest BCUT2D eigenvalue weighted by Crippen LogP contribution is -2.44. The van der Waals surface area contributed by atoms with Crippen LogP contribution in [0, 0.1) is 5.92 Å². The number of nitrogens with two attached hydrogens (primary N) is 1. The zero-order chi connectivity index (χ0) is 17.9. The average molecular weight is 393 g/mol. The molecule has 6 nitrogen and oxygen atoms in total. The molecular formula is C15H18Cl2N2O4S. The number of likely N-dealkylation sites (tertiary alicyclic amines) is 1. The van der Waals surface area contributed by atoms with Crippen LogP contribution in [0.2, 0.25) is 10.0 Å². The van der Waals surface area contributed by atoms with Crippen LogP contribution in [0.15, 0.2) is 18.2 Å². The maximum Gasteiger partial charge on any atom is 0.237 e. The second kappa shape index (κ2) is 7.72. The van der Waals surface area contributed by atoms with E-state index >= 15 is 0 Å². The number of benzene rings is 1. The lowest BCUT2D eigenvalue weighted by Gasteiger charge is -2.30. The number of halogens is 2. The number of carbonyl (C=O) groups is 2. The van der Waals surface area contributed by atoms with Gasteiger partial charge in [0, 0.05) is 29.1 Å². The van der Waals surface area contributed by atoms with Gasteiger partial charge in [-0.2, -0.15) is 0 Å². The quantitative estimate of drug-likeness (QED) is 0.822. The normalized spacial score (nSPS) is 16.2. The maximum atomic E-state index is 12.2. The van der Waals surface area contributed by atoms with E-state index in [9.17, 15) is 18.0 Å². The number of amides is 2. The molecule has 0 unspecified atom stereocenters. The first-order chi connectivity index (χ1) is 11.2. The Morgan fingerprint density at radius 2 is 1.83 bits per heavy atom. The van der Waals surface area contributed by atoms with E-state index < -0.39 is 21.5 Å². The smallest absolute Gasteiger partial charge is 0.237 e. The van der Waals surface area contributed by atoms with Crippen molar-refractivity contribution < 1.29 is 18.0 Å². The van der Waals surface area contributed by atoms with Gasteiger partial charge in [0.25, 0.3) is 0 Å². The molecule has 9 heteroatoms. The standard InChI is InChI=1S/C15H18Cl2N2O4S/c16-12-2-1-11(13(17)7-12)8-24(22,23)9-14(20)19-5-3-10(4-6-19)15(18)21/h1-2,7,10H,3-6,8-9H2,(H2,18,21). The molecular weight excluding hydrogens is 375 g/mol. The zero-order valence-electron chi connectivity index (χ0n) is 12.9. The minimum Gasteiger partial charge on any atom is -0.369 e. The predicted octanol–water partition coefficient (Wildman–Crippen LogP) is 1.63. The first-order valence-electron chi connectivity index (χ1n) is 7.39. The number of primary amides is 1. The van der Waals surface area contributed by atoms with Crippen molar-refractivity contribution in [2.45, 2.75) is 18.6 Å². The molecule has 0 bridgehead atoms. The summed E-state index contributed by atoms with van der Waals surface area (Å²) in [5.74, 6) is -2.02. The van der Waals surface area contributed by atoms with Gasteiger partial charge in [0.15, 0.2) is 9.84 Å². The SMILES string of the molecule is NC(=O)C1CCN(C(=O)CS(=O)(=O)Cc2ccc(Cl)cc2Cl)CC1. The monoisotopic (exact) mass is 392 g/mol. The Hall–Kier alpha value is -1.31. The number of carbonyl (C=O) groups excluding carboxylic acids is 2.